The van der Waals surface area contributed by atoms with Crippen LogP contribution in [0.3, 0.4) is 0 Å². The lowest BCUT2D eigenvalue weighted by atomic mass is 9.98. The number of rotatable bonds is 4. The average molecular weight is 285 g/mol. The fourth-order valence-electron chi connectivity index (χ4n) is 2.62. The van der Waals surface area contributed by atoms with Crippen LogP contribution in [-0.2, 0) is 6.54 Å². The average Bonchev–Trinajstić information content (AvgIpc) is 2.45. The summed E-state index contributed by atoms with van der Waals surface area (Å²) >= 11 is 0. The standard InChI is InChI=1S/C16H23N5/c1-10-7-8-15(11(2)20-10)21(19)12(3)16-13(9-17)5-4-6-14(16)18/h4-6,15,20H,1-3,7-9,17-19H2. The van der Waals surface area contributed by atoms with Crippen molar-refractivity contribution in [3.8, 4) is 0 Å². The summed E-state index contributed by atoms with van der Waals surface area (Å²) in [4.78, 5) is 0. The molecular weight excluding hydrogens is 262 g/mol. The Morgan fingerprint density at radius 2 is 2.10 bits per heavy atom. The molecule has 1 aromatic carbocycles. The fourth-order valence-corrected chi connectivity index (χ4v) is 2.62. The van der Waals surface area contributed by atoms with Gasteiger partial charge in [0.25, 0.3) is 0 Å². The van der Waals surface area contributed by atoms with Gasteiger partial charge in [0.1, 0.15) is 0 Å². The molecule has 0 amide bonds. The van der Waals surface area contributed by atoms with E-state index in [9.17, 15) is 0 Å². The molecule has 5 nitrogen and oxygen atoms in total. The third-order valence-electron chi connectivity index (χ3n) is 3.80. The Balaban J connectivity index is 2.28. The van der Waals surface area contributed by atoms with E-state index < -0.39 is 0 Å². The molecule has 7 N–H and O–H groups in total. The largest absolute Gasteiger partial charge is 0.398 e. The molecular formula is C16H23N5. The fraction of sp³-hybridized carbons (Fsp3) is 0.250. The molecule has 1 unspecified atom stereocenters. The molecule has 1 fully saturated rings. The maximum Gasteiger partial charge on any atom is 0.0848 e. The maximum atomic E-state index is 6.26. The predicted molar refractivity (Wildman–Crippen MR) is 88.2 cm³/mol. The zero-order valence-corrected chi connectivity index (χ0v) is 12.2. The van der Waals surface area contributed by atoms with Crippen molar-refractivity contribution in [2.45, 2.75) is 25.4 Å². The van der Waals surface area contributed by atoms with Crippen molar-refractivity contribution in [3.63, 3.8) is 0 Å². The van der Waals surface area contributed by atoms with Crippen molar-refractivity contribution in [1.82, 2.24) is 10.3 Å². The molecule has 2 rings (SSSR count). The molecule has 1 heterocycles. The summed E-state index contributed by atoms with van der Waals surface area (Å²) in [5.41, 5.74) is 16.6. The molecule has 112 valence electrons. The van der Waals surface area contributed by atoms with Crippen LogP contribution in [0, 0.1) is 0 Å². The Morgan fingerprint density at radius 1 is 1.38 bits per heavy atom. The quantitative estimate of drug-likeness (QED) is 0.383. The van der Waals surface area contributed by atoms with Gasteiger partial charge in [0, 0.05) is 29.2 Å². The van der Waals surface area contributed by atoms with E-state index in [1.165, 1.54) is 0 Å². The summed E-state index contributed by atoms with van der Waals surface area (Å²) < 4.78 is 0. The van der Waals surface area contributed by atoms with Crippen molar-refractivity contribution < 1.29 is 0 Å². The predicted octanol–water partition coefficient (Wildman–Crippen LogP) is 1.65. The number of hydrazine groups is 1. The van der Waals surface area contributed by atoms with Gasteiger partial charge in [-0.3, -0.25) is 0 Å². The van der Waals surface area contributed by atoms with Crippen molar-refractivity contribution >= 4 is 11.4 Å². The number of anilines is 1. The zero-order chi connectivity index (χ0) is 15.6. The molecule has 5 heteroatoms. The number of nitrogens with zero attached hydrogens (tertiary/aromatic N) is 1. The number of hydrogen-bond donors (Lipinski definition) is 4. The van der Waals surface area contributed by atoms with Gasteiger partial charge in [-0.15, -0.1) is 0 Å². The van der Waals surface area contributed by atoms with Gasteiger partial charge in [0.05, 0.1) is 11.7 Å². The van der Waals surface area contributed by atoms with Gasteiger partial charge >= 0.3 is 0 Å². The first-order chi connectivity index (χ1) is 9.95. The highest BCUT2D eigenvalue weighted by Gasteiger charge is 2.26. The lowest BCUT2D eigenvalue weighted by molar-refractivity contribution is 0.300. The molecule has 1 aliphatic heterocycles. The molecule has 1 aromatic rings. The van der Waals surface area contributed by atoms with Crippen molar-refractivity contribution in [2.75, 3.05) is 5.73 Å². The van der Waals surface area contributed by atoms with Crippen molar-refractivity contribution in [1.29, 1.82) is 0 Å². The van der Waals surface area contributed by atoms with Gasteiger partial charge in [0.15, 0.2) is 0 Å². The summed E-state index contributed by atoms with van der Waals surface area (Å²) in [6, 6.07) is 5.58. The van der Waals surface area contributed by atoms with Crippen LogP contribution < -0.4 is 22.6 Å². The van der Waals surface area contributed by atoms with Crippen LogP contribution in [-0.4, -0.2) is 11.1 Å². The minimum atomic E-state index is -0.0479. The molecule has 0 radical (unpaired) electrons. The SMILES string of the molecule is C=C1CCC(N(N)C(=C)c2c(N)cccc2CN)C(=C)N1. The molecule has 1 atom stereocenters. The number of piperidine rings is 1. The number of nitrogens with one attached hydrogen (secondary N) is 1. The molecule has 0 aromatic heterocycles. The van der Waals surface area contributed by atoms with Crippen LogP contribution in [0.2, 0.25) is 0 Å². The van der Waals surface area contributed by atoms with Gasteiger partial charge < -0.3 is 21.8 Å². The number of allylic oxidation sites excluding steroid dienone is 1. The second-order valence-electron chi connectivity index (χ2n) is 5.25. The first kappa shape index (κ1) is 15.2. The minimum absolute atomic E-state index is 0.0479. The van der Waals surface area contributed by atoms with E-state index in [1.807, 2.05) is 18.2 Å². The van der Waals surface area contributed by atoms with Gasteiger partial charge in [0.2, 0.25) is 0 Å². The first-order valence-corrected chi connectivity index (χ1v) is 6.90. The Labute approximate surface area is 125 Å². The summed E-state index contributed by atoms with van der Waals surface area (Å²) in [6.07, 6.45) is 1.68. The summed E-state index contributed by atoms with van der Waals surface area (Å²) in [6.45, 7) is 12.4. The van der Waals surface area contributed by atoms with Crippen molar-refractivity contribution in [3.05, 3.63) is 60.5 Å². The monoisotopic (exact) mass is 285 g/mol. The van der Waals surface area contributed by atoms with E-state index >= 15 is 0 Å². The molecule has 21 heavy (non-hydrogen) atoms. The first-order valence-electron chi connectivity index (χ1n) is 6.90. The highest BCUT2D eigenvalue weighted by Crippen LogP contribution is 2.30. The van der Waals surface area contributed by atoms with Crippen LogP contribution in [0.25, 0.3) is 5.70 Å². The Bertz CT molecular complexity index is 590. The molecule has 0 aliphatic carbocycles. The summed E-state index contributed by atoms with van der Waals surface area (Å²) in [7, 11) is 0. The molecule has 1 saturated heterocycles. The molecule has 1 aliphatic rings. The van der Waals surface area contributed by atoms with E-state index in [-0.39, 0.29) is 6.04 Å². The van der Waals surface area contributed by atoms with E-state index in [0.717, 1.165) is 35.4 Å². The van der Waals surface area contributed by atoms with E-state index in [1.54, 1.807) is 5.01 Å². The normalized spacial score (nSPS) is 18.3. The number of benzene rings is 1. The van der Waals surface area contributed by atoms with Crippen LogP contribution in [0.4, 0.5) is 5.69 Å². The van der Waals surface area contributed by atoms with Gasteiger partial charge in [-0.25, -0.2) is 5.84 Å². The smallest absolute Gasteiger partial charge is 0.0848 e. The molecule has 0 bridgehead atoms. The second-order valence-corrected chi connectivity index (χ2v) is 5.25. The van der Waals surface area contributed by atoms with Crippen molar-refractivity contribution in [2.24, 2.45) is 11.6 Å². The van der Waals surface area contributed by atoms with Gasteiger partial charge in [-0.1, -0.05) is 31.9 Å². The zero-order valence-electron chi connectivity index (χ0n) is 12.2. The van der Waals surface area contributed by atoms with Crippen LogP contribution in [0.15, 0.2) is 49.3 Å². The summed E-state index contributed by atoms with van der Waals surface area (Å²) in [5, 5.41) is 4.77. The van der Waals surface area contributed by atoms with Crippen LogP contribution >= 0.6 is 0 Å². The second kappa shape index (κ2) is 6.03. The topological polar surface area (TPSA) is 93.3 Å². The van der Waals surface area contributed by atoms with E-state index in [0.29, 0.717) is 17.9 Å². The highest BCUT2D eigenvalue weighted by atomic mass is 15.4. The number of hydrogen-bond acceptors (Lipinski definition) is 5. The Hall–Kier alpha value is -2.24. The molecule has 0 saturated carbocycles. The van der Waals surface area contributed by atoms with E-state index in [4.69, 9.17) is 17.3 Å². The molecule has 0 spiro atoms. The third-order valence-corrected chi connectivity index (χ3v) is 3.80. The highest BCUT2D eigenvalue weighted by molar-refractivity contribution is 5.75. The minimum Gasteiger partial charge on any atom is -0.398 e. The Morgan fingerprint density at radius 3 is 2.71 bits per heavy atom. The van der Waals surface area contributed by atoms with Crippen LogP contribution in [0.1, 0.15) is 24.0 Å². The number of nitrogen functional groups attached to an aromatic ring is 1. The Kier molecular flexibility index (Phi) is 4.35. The maximum absolute atomic E-state index is 6.26. The van der Waals surface area contributed by atoms with Gasteiger partial charge in [-0.2, -0.15) is 0 Å². The van der Waals surface area contributed by atoms with Gasteiger partial charge in [-0.05, 0) is 24.5 Å². The third kappa shape index (κ3) is 2.94. The lowest BCUT2D eigenvalue weighted by Crippen LogP contribution is -2.45. The lowest BCUT2D eigenvalue weighted by Gasteiger charge is -2.36. The van der Waals surface area contributed by atoms with Crippen LogP contribution in [0.5, 0.6) is 0 Å². The number of nitrogens with two attached hydrogens (primary N) is 3. The van der Waals surface area contributed by atoms with E-state index in [2.05, 4.69) is 25.1 Å². The summed E-state index contributed by atoms with van der Waals surface area (Å²) in [5.74, 6) is 6.26.